The van der Waals surface area contributed by atoms with Crippen LogP contribution < -0.4 is 10.6 Å². The lowest BCUT2D eigenvalue weighted by Crippen LogP contribution is -2.16. The average molecular weight is 194 g/mol. The summed E-state index contributed by atoms with van der Waals surface area (Å²) < 4.78 is 13.1. The predicted octanol–water partition coefficient (Wildman–Crippen LogP) is 1.06. The van der Waals surface area contributed by atoms with Crippen molar-refractivity contribution in [2.24, 2.45) is 0 Å². The second-order valence-corrected chi connectivity index (χ2v) is 2.64. The van der Waals surface area contributed by atoms with Crippen molar-refractivity contribution in [3.05, 3.63) is 35.4 Å². The van der Waals surface area contributed by atoms with Crippen LogP contribution >= 0.6 is 0 Å². The Bertz CT molecular complexity index is 352. The van der Waals surface area contributed by atoms with Gasteiger partial charge in [0, 0.05) is 24.9 Å². The fraction of sp³-hybridized carbons (Fsp3) is 0.111. The summed E-state index contributed by atoms with van der Waals surface area (Å²) in [6.07, 6.45) is 5.07. The van der Waals surface area contributed by atoms with Crippen molar-refractivity contribution in [3.8, 4) is 0 Å². The highest BCUT2D eigenvalue weighted by Gasteiger charge is 2.13. The molecule has 4 N–H and O–H groups in total. The van der Waals surface area contributed by atoms with Crippen LogP contribution in [0.25, 0.3) is 0 Å². The van der Waals surface area contributed by atoms with E-state index in [0.717, 1.165) is 12.4 Å². The summed E-state index contributed by atoms with van der Waals surface area (Å²) in [5.74, 6) is -0.535. The first-order chi connectivity index (χ1) is 6.69. The topological polar surface area (TPSA) is 71.8 Å². The molecule has 0 aliphatic heterocycles. The highest BCUT2D eigenvalue weighted by Crippen LogP contribution is 2.18. The monoisotopic (exact) mass is 194 g/mol. The normalized spacial score (nSPS) is 18.7. The molecule has 0 spiro atoms. The largest absolute Gasteiger partial charge is 0.393 e. The lowest BCUT2D eigenvalue weighted by molar-refractivity contribution is 0.641. The molecule has 1 rings (SSSR count). The van der Waals surface area contributed by atoms with Crippen LogP contribution in [0.15, 0.2) is 35.4 Å². The van der Waals surface area contributed by atoms with Crippen molar-refractivity contribution in [1.29, 1.82) is 10.8 Å². The Labute approximate surface area is 81.2 Å². The molecule has 1 aliphatic rings. The summed E-state index contributed by atoms with van der Waals surface area (Å²) >= 11 is 0. The van der Waals surface area contributed by atoms with E-state index in [0.29, 0.717) is 5.57 Å². The van der Waals surface area contributed by atoms with Gasteiger partial charge in [0.2, 0.25) is 0 Å². The van der Waals surface area contributed by atoms with E-state index < -0.39 is 5.83 Å². The average Bonchev–Trinajstić information content (AvgIpc) is 2.14. The third kappa shape index (κ3) is 2.07. The van der Waals surface area contributed by atoms with Gasteiger partial charge in [-0.3, -0.25) is 5.41 Å². The molecule has 0 aromatic heterocycles. The maximum Gasteiger partial charge on any atom is 0.148 e. The lowest BCUT2D eigenvalue weighted by Gasteiger charge is -2.12. The maximum absolute atomic E-state index is 13.1. The van der Waals surface area contributed by atoms with E-state index in [1.807, 2.05) is 0 Å². The molecule has 5 heteroatoms. The van der Waals surface area contributed by atoms with Crippen molar-refractivity contribution in [3.63, 3.8) is 0 Å². The van der Waals surface area contributed by atoms with Gasteiger partial charge in [0.05, 0.1) is 17.7 Å². The third-order valence-electron chi connectivity index (χ3n) is 1.67. The minimum absolute atomic E-state index is 0.104. The van der Waals surface area contributed by atoms with Crippen molar-refractivity contribution in [2.45, 2.75) is 0 Å². The first-order valence-electron chi connectivity index (χ1n) is 4.00. The van der Waals surface area contributed by atoms with E-state index in [-0.39, 0.29) is 11.4 Å². The number of hydrogen-bond acceptors (Lipinski definition) is 3. The quantitative estimate of drug-likeness (QED) is 0.400. The Morgan fingerprint density at radius 1 is 1.43 bits per heavy atom. The Morgan fingerprint density at radius 2 is 2.14 bits per heavy atom. The standard InChI is InChI=1S/C9H11FN4/c1-13-4-6-2-9(14-5-11)7(10)3-8(6)12/h2-5,12-13H,1H3,(H2,11,14)/b6-4-,12-8?. The lowest BCUT2D eigenvalue weighted by atomic mass is 10.0. The molecule has 0 fully saturated rings. The van der Waals surface area contributed by atoms with Crippen LogP contribution in [0.4, 0.5) is 4.39 Å². The van der Waals surface area contributed by atoms with Gasteiger partial charge < -0.3 is 16.0 Å². The number of halogens is 1. The van der Waals surface area contributed by atoms with Crippen LogP contribution in [0.2, 0.25) is 0 Å². The minimum atomic E-state index is -0.535. The molecule has 0 aromatic rings. The minimum Gasteiger partial charge on any atom is -0.393 e. The van der Waals surface area contributed by atoms with E-state index in [2.05, 4.69) is 10.6 Å². The van der Waals surface area contributed by atoms with Crippen molar-refractivity contribution < 1.29 is 4.39 Å². The molecule has 0 aromatic carbocycles. The molecule has 0 heterocycles. The van der Waals surface area contributed by atoms with Gasteiger partial charge in [0.15, 0.2) is 0 Å². The number of rotatable bonds is 3. The first-order valence-corrected chi connectivity index (χ1v) is 4.00. The number of hydrogen-bond donors (Lipinski definition) is 4. The van der Waals surface area contributed by atoms with Crippen LogP contribution in [0.3, 0.4) is 0 Å². The summed E-state index contributed by atoms with van der Waals surface area (Å²) in [5.41, 5.74) is 0.864. The highest BCUT2D eigenvalue weighted by molar-refractivity contribution is 6.10. The molecule has 4 nitrogen and oxygen atoms in total. The van der Waals surface area contributed by atoms with Crippen LogP contribution in [0, 0.1) is 10.8 Å². The van der Waals surface area contributed by atoms with Gasteiger partial charge in [-0.25, -0.2) is 4.39 Å². The van der Waals surface area contributed by atoms with E-state index >= 15 is 0 Å². The van der Waals surface area contributed by atoms with E-state index in [4.69, 9.17) is 10.8 Å². The molecular formula is C9H11FN4. The van der Waals surface area contributed by atoms with Gasteiger partial charge in [-0.1, -0.05) is 0 Å². The van der Waals surface area contributed by atoms with Gasteiger partial charge in [-0.15, -0.1) is 0 Å². The Kier molecular flexibility index (Phi) is 3.17. The van der Waals surface area contributed by atoms with Gasteiger partial charge in [-0.2, -0.15) is 0 Å². The second kappa shape index (κ2) is 4.36. The Balaban J connectivity index is 3.00. The van der Waals surface area contributed by atoms with Gasteiger partial charge in [-0.05, 0) is 6.08 Å². The molecule has 14 heavy (non-hydrogen) atoms. The Hall–Kier alpha value is -1.91. The number of nitrogens with one attached hydrogen (secondary N) is 4. The molecule has 0 atom stereocenters. The van der Waals surface area contributed by atoms with Crippen LogP contribution in [0.5, 0.6) is 0 Å². The van der Waals surface area contributed by atoms with Crippen molar-refractivity contribution >= 4 is 12.1 Å². The molecule has 74 valence electrons. The summed E-state index contributed by atoms with van der Waals surface area (Å²) in [7, 11) is 1.70. The zero-order valence-electron chi connectivity index (χ0n) is 7.69. The van der Waals surface area contributed by atoms with E-state index in [1.165, 1.54) is 6.08 Å². The molecule has 0 unspecified atom stereocenters. The molecular weight excluding hydrogens is 183 g/mol. The van der Waals surface area contributed by atoms with Crippen LogP contribution in [-0.4, -0.2) is 19.1 Å². The fourth-order valence-electron chi connectivity index (χ4n) is 1.05. The third-order valence-corrected chi connectivity index (χ3v) is 1.67. The predicted molar refractivity (Wildman–Crippen MR) is 54.1 cm³/mol. The summed E-state index contributed by atoms with van der Waals surface area (Å²) in [5, 5.41) is 19.4. The zero-order chi connectivity index (χ0) is 10.6. The summed E-state index contributed by atoms with van der Waals surface area (Å²) in [4.78, 5) is 0. The highest BCUT2D eigenvalue weighted by atomic mass is 19.1. The maximum atomic E-state index is 13.1. The van der Waals surface area contributed by atoms with Gasteiger partial charge in [0.25, 0.3) is 0 Å². The number of allylic oxidation sites excluding steroid dienone is 4. The summed E-state index contributed by atoms with van der Waals surface area (Å²) in [6, 6.07) is 0. The van der Waals surface area contributed by atoms with Crippen molar-refractivity contribution in [2.75, 3.05) is 7.05 Å². The first kappa shape index (κ1) is 10.2. The molecule has 0 saturated heterocycles. The Morgan fingerprint density at radius 3 is 2.71 bits per heavy atom. The van der Waals surface area contributed by atoms with E-state index in [9.17, 15) is 4.39 Å². The zero-order valence-corrected chi connectivity index (χ0v) is 7.69. The van der Waals surface area contributed by atoms with Crippen molar-refractivity contribution in [1.82, 2.24) is 10.6 Å². The summed E-state index contributed by atoms with van der Waals surface area (Å²) in [6.45, 7) is 0. The molecule has 0 amide bonds. The van der Waals surface area contributed by atoms with Gasteiger partial charge in [0.1, 0.15) is 5.83 Å². The van der Waals surface area contributed by atoms with Gasteiger partial charge >= 0.3 is 0 Å². The fourth-order valence-corrected chi connectivity index (χ4v) is 1.05. The second-order valence-electron chi connectivity index (χ2n) is 2.64. The molecule has 0 saturated carbocycles. The van der Waals surface area contributed by atoms with Crippen LogP contribution in [0.1, 0.15) is 0 Å². The van der Waals surface area contributed by atoms with Crippen LogP contribution in [-0.2, 0) is 0 Å². The smallest absolute Gasteiger partial charge is 0.148 e. The molecule has 1 aliphatic carbocycles. The SMILES string of the molecule is CN/C=C1/C=C(NC=N)C(F)=CC1=N. The molecule has 0 radical (unpaired) electrons. The van der Waals surface area contributed by atoms with E-state index in [1.54, 1.807) is 13.2 Å². The molecule has 0 bridgehead atoms.